The van der Waals surface area contributed by atoms with Crippen LogP contribution in [0.3, 0.4) is 0 Å². The highest BCUT2D eigenvalue weighted by Gasteiger charge is 2.31. The second kappa shape index (κ2) is 14.2. The molecule has 1 aliphatic rings. The third-order valence-electron chi connectivity index (χ3n) is 6.39. The SMILES string of the molecule is COc1ccccc1COCCCOc1ccc(N2C(=O)CNC[C@@H]2COCc2cccc(C(F)(F)F)c2)cc1. The average molecular weight is 559 g/mol. The van der Waals surface area contributed by atoms with Gasteiger partial charge >= 0.3 is 6.18 Å². The summed E-state index contributed by atoms with van der Waals surface area (Å²) in [7, 11) is 1.63. The van der Waals surface area contributed by atoms with E-state index >= 15 is 0 Å². The number of hydrogen-bond donors (Lipinski definition) is 1. The number of halogens is 3. The Morgan fingerprint density at radius 3 is 2.52 bits per heavy atom. The number of hydrogen-bond acceptors (Lipinski definition) is 6. The first-order chi connectivity index (χ1) is 19.3. The van der Waals surface area contributed by atoms with E-state index in [1.807, 2.05) is 36.4 Å². The van der Waals surface area contributed by atoms with Gasteiger partial charge in [0, 0.05) is 24.2 Å². The number of nitrogens with one attached hydrogen (secondary N) is 1. The predicted octanol–water partition coefficient (Wildman–Crippen LogP) is 5.22. The normalized spacial score (nSPS) is 15.8. The van der Waals surface area contributed by atoms with Crippen molar-refractivity contribution < 1.29 is 36.9 Å². The highest BCUT2D eigenvalue weighted by atomic mass is 19.4. The third kappa shape index (κ3) is 8.20. The van der Waals surface area contributed by atoms with Crippen LogP contribution in [0.5, 0.6) is 11.5 Å². The first kappa shape index (κ1) is 29.4. The minimum Gasteiger partial charge on any atom is -0.496 e. The Labute approximate surface area is 231 Å². The predicted molar refractivity (Wildman–Crippen MR) is 144 cm³/mol. The molecule has 7 nitrogen and oxygen atoms in total. The molecular weight excluding hydrogens is 525 g/mol. The zero-order chi connectivity index (χ0) is 28.4. The molecule has 40 heavy (non-hydrogen) atoms. The van der Waals surface area contributed by atoms with E-state index in [1.165, 1.54) is 6.07 Å². The fourth-order valence-corrected chi connectivity index (χ4v) is 4.42. The van der Waals surface area contributed by atoms with Crippen molar-refractivity contribution in [1.29, 1.82) is 0 Å². The van der Waals surface area contributed by atoms with Gasteiger partial charge in [0.25, 0.3) is 0 Å². The smallest absolute Gasteiger partial charge is 0.416 e. The lowest BCUT2D eigenvalue weighted by molar-refractivity contribution is -0.137. The maximum Gasteiger partial charge on any atom is 0.416 e. The van der Waals surface area contributed by atoms with Crippen molar-refractivity contribution in [3.05, 3.63) is 89.5 Å². The number of anilines is 1. The minimum atomic E-state index is -4.41. The summed E-state index contributed by atoms with van der Waals surface area (Å²) in [6.07, 6.45) is -3.70. The summed E-state index contributed by atoms with van der Waals surface area (Å²) in [6, 6.07) is 19.7. The van der Waals surface area contributed by atoms with Crippen LogP contribution in [-0.2, 0) is 33.7 Å². The Bertz CT molecular complexity index is 1240. The standard InChI is InChI=1S/C30H33F3N2O5/c1-37-28-9-3-2-7-23(28)20-38-14-5-15-40-27-12-10-25(11-13-27)35-26(17-34-18-29(35)36)21-39-19-22-6-4-8-24(16-22)30(31,32)33/h2-4,6-13,16,26,34H,5,14-15,17-21H2,1H3/t26-/m1/s1. The molecule has 0 bridgehead atoms. The van der Waals surface area contributed by atoms with E-state index in [2.05, 4.69) is 5.32 Å². The summed E-state index contributed by atoms with van der Waals surface area (Å²) in [5.41, 5.74) is 1.39. The van der Waals surface area contributed by atoms with Crippen LogP contribution in [0.2, 0.25) is 0 Å². The highest BCUT2D eigenvalue weighted by molar-refractivity contribution is 5.96. The van der Waals surface area contributed by atoms with E-state index in [1.54, 1.807) is 30.2 Å². The number of benzene rings is 3. The van der Waals surface area contributed by atoms with Crippen LogP contribution in [0.4, 0.5) is 18.9 Å². The number of rotatable bonds is 13. The van der Waals surface area contributed by atoms with Gasteiger partial charge in [-0.2, -0.15) is 13.2 Å². The van der Waals surface area contributed by atoms with E-state index < -0.39 is 11.7 Å². The van der Waals surface area contributed by atoms with E-state index in [4.69, 9.17) is 18.9 Å². The average Bonchev–Trinajstić information content (AvgIpc) is 2.95. The lowest BCUT2D eigenvalue weighted by Crippen LogP contribution is -2.57. The lowest BCUT2D eigenvalue weighted by atomic mass is 10.1. The van der Waals surface area contributed by atoms with Crippen LogP contribution in [0.25, 0.3) is 0 Å². The van der Waals surface area contributed by atoms with Crippen LogP contribution < -0.4 is 19.7 Å². The monoisotopic (exact) mass is 558 g/mol. The summed E-state index contributed by atoms with van der Waals surface area (Å²) in [4.78, 5) is 14.4. The second-order valence-electron chi connectivity index (χ2n) is 9.32. The third-order valence-corrected chi connectivity index (χ3v) is 6.39. The van der Waals surface area contributed by atoms with Crippen LogP contribution in [0.1, 0.15) is 23.1 Å². The van der Waals surface area contributed by atoms with Crippen LogP contribution >= 0.6 is 0 Å². The summed E-state index contributed by atoms with van der Waals surface area (Å²) in [5, 5.41) is 3.07. The molecule has 1 N–H and O–H groups in total. The largest absolute Gasteiger partial charge is 0.496 e. The first-order valence-electron chi connectivity index (χ1n) is 13.0. The summed E-state index contributed by atoms with van der Waals surface area (Å²) >= 11 is 0. The van der Waals surface area contributed by atoms with E-state index in [9.17, 15) is 18.0 Å². The van der Waals surface area contributed by atoms with E-state index in [0.29, 0.717) is 49.8 Å². The number of piperazine rings is 1. The number of para-hydroxylation sites is 1. The van der Waals surface area contributed by atoms with Gasteiger partial charge in [-0.05, 0) is 48.0 Å². The minimum absolute atomic E-state index is 0.0117. The molecule has 3 aromatic rings. The number of nitrogens with zero attached hydrogens (tertiary/aromatic N) is 1. The number of carbonyl (C=O) groups excluding carboxylic acids is 1. The van der Waals surface area contributed by atoms with Gasteiger partial charge in [-0.15, -0.1) is 0 Å². The number of amides is 1. The maximum atomic E-state index is 13.0. The van der Waals surface area contributed by atoms with Gasteiger partial charge in [0.2, 0.25) is 5.91 Å². The summed E-state index contributed by atoms with van der Waals surface area (Å²) in [6.45, 7) is 2.35. The quantitative estimate of drug-likeness (QED) is 0.290. The molecule has 214 valence electrons. The number of alkyl halides is 3. The lowest BCUT2D eigenvalue weighted by Gasteiger charge is -2.36. The molecule has 0 radical (unpaired) electrons. The Morgan fingerprint density at radius 2 is 1.75 bits per heavy atom. The molecule has 1 fully saturated rings. The van der Waals surface area contributed by atoms with Gasteiger partial charge < -0.3 is 29.2 Å². The van der Waals surface area contributed by atoms with Crippen molar-refractivity contribution in [2.75, 3.05) is 44.9 Å². The Hall–Kier alpha value is -3.60. The van der Waals surface area contributed by atoms with Crippen molar-refractivity contribution in [3.8, 4) is 11.5 Å². The number of methoxy groups -OCH3 is 1. The zero-order valence-corrected chi connectivity index (χ0v) is 22.3. The molecule has 0 aliphatic carbocycles. The summed E-state index contributed by atoms with van der Waals surface area (Å²) in [5.74, 6) is 1.36. The molecule has 1 saturated heterocycles. The highest BCUT2D eigenvalue weighted by Crippen LogP contribution is 2.30. The summed E-state index contributed by atoms with van der Waals surface area (Å²) < 4.78 is 61.6. The molecule has 4 rings (SSSR count). The van der Waals surface area contributed by atoms with Gasteiger partial charge in [0.1, 0.15) is 11.5 Å². The Balaban J connectivity index is 1.23. The molecular formula is C30H33F3N2O5. The number of carbonyl (C=O) groups is 1. The van der Waals surface area contributed by atoms with Crippen molar-refractivity contribution in [1.82, 2.24) is 5.32 Å². The fraction of sp³-hybridized carbons (Fsp3) is 0.367. The molecule has 1 atom stereocenters. The molecule has 3 aromatic carbocycles. The molecule has 0 spiro atoms. The number of ether oxygens (including phenoxy) is 4. The molecule has 1 aliphatic heterocycles. The van der Waals surface area contributed by atoms with Crippen molar-refractivity contribution in [2.24, 2.45) is 0 Å². The molecule has 0 aromatic heterocycles. The van der Waals surface area contributed by atoms with Crippen LogP contribution in [0.15, 0.2) is 72.8 Å². The molecule has 0 saturated carbocycles. The molecule has 0 unspecified atom stereocenters. The van der Waals surface area contributed by atoms with Gasteiger partial charge in [0.15, 0.2) is 0 Å². The molecule has 10 heteroatoms. The van der Waals surface area contributed by atoms with Crippen LogP contribution in [0, 0.1) is 0 Å². The van der Waals surface area contributed by atoms with Crippen LogP contribution in [-0.4, -0.2) is 52.0 Å². The second-order valence-corrected chi connectivity index (χ2v) is 9.32. The zero-order valence-electron chi connectivity index (χ0n) is 22.3. The fourth-order valence-electron chi connectivity index (χ4n) is 4.42. The van der Waals surface area contributed by atoms with Gasteiger partial charge in [-0.1, -0.05) is 30.3 Å². The van der Waals surface area contributed by atoms with E-state index in [0.717, 1.165) is 23.4 Å². The Morgan fingerprint density at radius 1 is 0.950 bits per heavy atom. The van der Waals surface area contributed by atoms with Gasteiger partial charge in [0.05, 0.1) is 58.3 Å². The molecule has 1 heterocycles. The van der Waals surface area contributed by atoms with Crippen molar-refractivity contribution in [2.45, 2.75) is 31.9 Å². The maximum absolute atomic E-state index is 13.0. The van der Waals surface area contributed by atoms with Gasteiger partial charge in [-0.3, -0.25) is 4.79 Å². The van der Waals surface area contributed by atoms with Crippen molar-refractivity contribution >= 4 is 11.6 Å². The van der Waals surface area contributed by atoms with Crippen molar-refractivity contribution in [3.63, 3.8) is 0 Å². The molecule has 1 amide bonds. The topological polar surface area (TPSA) is 69.3 Å². The Kier molecular flexibility index (Phi) is 10.4. The first-order valence-corrected chi connectivity index (χ1v) is 13.0. The van der Waals surface area contributed by atoms with Gasteiger partial charge in [-0.25, -0.2) is 0 Å². The van der Waals surface area contributed by atoms with E-state index in [-0.39, 0.29) is 31.7 Å².